The number of ether oxygens (including phenoxy) is 2. The number of pyridine rings is 1. The lowest BCUT2D eigenvalue weighted by Crippen LogP contribution is -2.47. The van der Waals surface area contributed by atoms with Gasteiger partial charge in [-0.1, -0.05) is 43.2 Å². The number of sulfonamides is 1. The number of anilines is 1. The van der Waals surface area contributed by atoms with Crippen molar-refractivity contribution in [1.29, 1.82) is 0 Å². The van der Waals surface area contributed by atoms with E-state index in [-0.39, 0.29) is 40.7 Å². The molecule has 2 atom stereocenters. The summed E-state index contributed by atoms with van der Waals surface area (Å²) < 4.78 is 56.9. The van der Waals surface area contributed by atoms with Gasteiger partial charge in [-0.15, -0.1) is 0 Å². The summed E-state index contributed by atoms with van der Waals surface area (Å²) in [6.45, 7) is 10.2. The monoisotopic (exact) mass is 983 g/mol. The van der Waals surface area contributed by atoms with Crippen LogP contribution in [0.5, 0.6) is 17.2 Å². The van der Waals surface area contributed by atoms with Gasteiger partial charge < -0.3 is 19.4 Å². The Hall–Kier alpha value is -5.46. The van der Waals surface area contributed by atoms with Crippen LogP contribution in [-0.2, 0) is 26.2 Å². The molecule has 68 heavy (non-hydrogen) atoms. The number of allylic oxidation sites excluding steroid dienone is 1. The molecule has 9 rings (SSSR count). The third-order valence-corrected chi connectivity index (χ3v) is 17.0. The molecule has 2 fully saturated rings. The first-order valence-electron chi connectivity index (χ1n) is 23.2. The van der Waals surface area contributed by atoms with Gasteiger partial charge in [-0.05, 0) is 116 Å². The molecule has 18 heteroatoms. The molecule has 0 bridgehead atoms. The SMILES string of the molecule is C=S(C)(=O)N1CCC(C[C@H]2COc3cc(S(=O)(=O)NC(=O)c4ccc(N5CCN(CC6=C(c7ccc(Cl)cc7)CC(C)(C)CC6)CC5)cc4Oc4cnc5[nH]ccc5c4)cc([N+](=O)[O-])c3C2)CC1. The van der Waals surface area contributed by atoms with Crippen LogP contribution in [0.3, 0.4) is 0 Å². The Morgan fingerprint density at radius 3 is 2.49 bits per heavy atom. The molecule has 4 aliphatic rings. The summed E-state index contributed by atoms with van der Waals surface area (Å²) in [6, 6.07) is 19.1. The summed E-state index contributed by atoms with van der Waals surface area (Å²) in [6.07, 6.45) is 10.9. The number of fused-ring (bicyclic) bond motifs is 2. The molecule has 3 aliphatic heterocycles. The molecule has 5 heterocycles. The number of carbonyl (C=O) groups excluding carboxylic acids is 1. The Labute approximate surface area is 403 Å². The highest BCUT2D eigenvalue weighted by Gasteiger charge is 2.35. The molecule has 15 nitrogen and oxygen atoms in total. The normalized spacial score (nSPS) is 20.4. The number of nitro groups is 1. The Balaban J connectivity index is 0.919. The van der Waals surface area contributed by atoms with E-state index in [1.165, 1.54) is 29.0 Å². The fraction of sp³-hybridized carbons (Fsp3) is 0.420. The summed E-state index contributed by atoms with van der Waals surface area (Å²) in [5.74, 6) is 3.69. The predicted octanol–water partition coefficient (Wildman–Crippen LogP) is 8.74. The Bertz CT molecular complexity index is 3000. The number of carbonyl (C=O) groups is 1. The quantitative estimate of drug-likeness (QED) is 0.0655. The van der Waals surface area contributed by atoms with Crippen LogP contribution in [0.4, 0.5) is 11.4 Å². The van der Waals surface area contributed by atoms with E-state index >= 15 is 0 Å². The number of aromatic nitrogens is 2. The van der Waals surface area contributed by atoms with E-state index in [0.29, 0.717) is 55.5 Å². The van der Waals surface area contributed by atoms with Crippen molar-refractivity contribution in [2.75, 3.05) is 63.6 Å². The molecule has 2 N–H and O–H groups in total. The smallest absolute Gasteiger partial charge is 0.277 e. The van der Waals surface area contributed by atoms with Crippen molar-refractivity contribution in [3.63, 3.8) is 0 Å². The van der Waals surface area contributed by atoms with Crippen LogP contribution in [0.15, 0.2) is 89.6 Å². The Morgan fingerprint density at radius 1 is 1.01 bits per heavy atom. The second-order valence-corrected chi connectivity index (χ2v) is 24.2. The van der Waals surface area contributed by atoms with Crippen molar-refractivity contribution >= 4 is 71.1 Å². The molecule has 1 amide bonds. The van der Waals surface area contributed by atoms with Gasteiger partial charge in [-0.25, -0.2) is 22.4 Å². The minimum absolute atomic E-state index is 0.0231. The van der Waals surface area contributed by atoms with Crippen LogP contribution in [0.1, 0.15) is 73.9 Å². The first-order valence-corrected chi connectivity index (χ1v) is 27.1. The van der Waals surface area contributed by atoms with Gasteiger partial charge in [0.1, 0.15) is 22.9 Å². The minimum atomic E-state index is -4.66. The van der Waals surface area contributed by atoms with Crippen molar-refractivity contribution in [3.05, 3.63) is 117 Å². The number of rotatable bonds is 13. The van der Waals surface area contributed by atoms with Crippen molar-refractivity contribution in [2.24, 2.45) is 17.3 Å². The van der Waals surface area contributed by atoms with Crippen LogP contribution in [-0.4, -0.2) is 107 Å². The Kier molecular flexibility index (Phi) is 13.4. The van der Waals surface area contributed by atoms with Crippen molar-refractivity contribution in [3.8, 4) is 17.2 Å². The number of benzene rings is 3. The molecule has 0 radical (unpaired) electrons. The van der Waals surface area contributed by atoms with Crippen LogP contribution in [0.25, 0.3) is 16.6 Å². The van der Waals surface area contributed by atoms with Crippen LogP contribution < -0.4 is 19.1 Å². The van der Waals surface area contributed by atoms with Gasteiger partial charge in [0.15, 0.2) is 0 Å². The number of nitrogens with zero attached hydrogens (tertiary/aromatic N) is 5. The number of hydrogen-bond acceptors (Lipinski definition) is 11. The maximum absolute atomic E-state index is 14.1. The number of H-pyrrole nitrogens is 1. The lowest BCUT2D eigenvalue weighted by Gasteiger charge is -2.39. The van der Waals surface area contributed by atoms with Crippen molar-refractivity contribution in [1.82, 2.24) is 23.9 Å². The van der Waals surface area contributed by atoms with Gasteiger partial charge in [-0.3, -0.25) is 24.0 Å². The average Bonchev–Trinajstić information content (AvgIpc) is 3.77. The highest BCUT2D eigenvalue weighted by molar-refractivity contribution is 7.97. The molecule has 0 saturated carbocycles. The number of piperazine rings is 1. The van der Waals surface area contributed by atoms with E-state index in [9.17, 15) is 27.5 Å². The first-order chi connectivity index (χ1) is 32.4. The number of piperidine rings is 1. The minimum Gasteiger partial charge on any atom is -0.493 e. The average molecular weight is 985 g/mol. The molecule has 2 saturated heterocycles. The lowest BCUT2D eigenvalue weighted by atomic mass is 9.72. The van der Waals surface area contributed by atoms with E-state index < -0.39 is 35.5 Å². The lowest BCUT2D eigenvalue weighted by molar-refractivity contribution is -0.386. The molecule has 360 valence electrons. The first kappa shape index (κ1) is 47.6. The second kappa shape index (κ2) is 19.1. The zero-order valence-electron chi connectivity index (χ0n) is 38.7. The number of hydrogen-bond donors (Lipinski definition) is 2. The fourth-order valence-corrected chi connectivity index (χ4v) is 12.3. The largest absolute Gasteiger partial charge is 0.493 e. The van der Waals surface area contributed by atoms with E-state index in [1.54, 1.807) is 36.7 Å². The van der Waals surface area contributed by atoms with Crippen LogP contribution in [0.2, 0.25) is 5.02 Å². The van der Waals surface area contributed by atoms with E-state index in [4.69, 9.17) is 21.1 Å². The number of nitro benzene ring substituents is 1. The Morgan fingerprint density at radius 2 is 1.76 bits per heavy atom. The zero-order chi connectivity index (χ0) is 48.0. The molecule has 0 spiro atoms. The fourth-order valence-electron chi connectivity index (χ4n) is 10.2. The maximum Gasteiger partial charge on any atom is 0.277 e. The number of halogens is 1. The molecular formula is C50H58ClN7O8S2. The topological polar surface area (TPSA) is 180 Å². The third kappa shape index (κ3) is 10.7. The van der Waals surface area contributed by atoms with Gasteiger partial charge in [0.25, 0.3) is 21.6 Å². The molecular weight excluding hydrogens is 926 g/mol. The third-order valence-electron chi connectivity index (χ3n) is 14.0. The summed E-state index contributed by atoms with van der Waals surface area (Å²) in [7, 11) is -6.93. The van der Waals surface area contributed by atoms with E-state index in [2.05, 4.69) is 56.3 Å². The predicted molar refractivity (Wildman–Crippen MR) is 268 cm³/mol. The number of aromatic amines is 1. The van der Waals surface area contributed by atoms with E-state index in [0.717, 1.165) is 80.3 Å². The molecule has 1 aliphatic carbocycles. The van der Waals surface area contributed by atoms with Crippen LogP contribution >= 0.6 is 11.6 Å². The van der Waals surface area contributed by atoms with Crippen molar-refractivity contribution < 1.29 is 31.8 Å². The highest BCUT2D eigenvalue weighted by atomic mass is 35.5. The van der Waals surface area contributed by atoms with Crippen molar-refractivity contribution in [2.45, 2.75) is 63.7 Å². The summed E-state index contributed by atoms with van der Waals surface area (Å²) in [4.78, 5) is 37.7. The number of amides is 1. The zero-order valence-corrected chi connectivity index (χ0v) is 41.1. The number of nitrogens with one attached hydrogen (secondary N) is 2. The summed E-state index contributed by atoms with van der Waals surface area (Å²) >= 11 is 6.25. The van der Waals surface area contributed by atoms with E-state index in [1.807, 2.05) is 22.5 Å². The van der Waals surface area contributed by atoms with Gasteiger partial charge in [0, 0.05) is 102 Å². The van der Waals surface area contributed by atoms with Gasteiger partial charge in [-0.2, -0.15) is 0 Å². The van der Waals surface area contributed by atoms with Gasteiger partial charge in [0.05, 0.1) is 33.7 Å². The van der Waals surface area contributed by atoms with Gasteiger partial charge >= 0.3 is 0 Å². The molecule has 1 unspecified atom stereocenters. The summed E-state index contributed by atoms with van der Waals surface area (Å²) in [5, 5.41) is 14.0. The summed E-state index contributed by atoms with van der Waals surface area (Å²) in [5.41, 5.74) is 5.63. The molecule has 2 aromatic heterocycles. The van der Waals surface area contributed by atoms with Gasteiger partial charge in [0.2, 0.25) is 0 Å². The highest BCUT2D eigenvalue weighted by Crippen LogP contribution is 2.44. The second-order valence-electron chi connectivity index (χ2n) is 19.6. The standard InChI is InChI=1S/C50H58ClN7O8S2/c1-50(2)15-11-37(44(29-50)35-5-7-38(51)8-6-35)31-55-19-21-56(22-20-55)39-9-10-42(47(26-39)66-40-25-36-12-16-52-48(36)53-30-40)49(59)54-68(63,64)41-27-45(58(60)61)43-24-34(32-65-46(43)28-41)23-33-13-17-57(18-14-33)67(3,4)62/h5-10,12,16,25-28,30,33-34H,3,11,13-15,17-24,29,31-32H2,1-2,4H3,(H,52,53)(H,54,59)/t34-,67?/m1/s1. The van der Waals surface area contributed by atoms with Crippen LogP contribution in [0, 0.1) is 27.4 Å². The maximum atomic E-state index is 14.1. The molecule has 5 aromatic rings. The molecule has 3 aromatic carbocycles.